The van der Waals surface area contributed by atoms with Crippen molar-refractivity contribution in [3.05, 3.63) is 24.3 Å². The predicted octanol–water partition coefficient (Wildman–Crippen LogP) is 0.890. The van der Waals surface area contributed by atoms with Gasteiger partial charge in [-0.3, -0.25) is 4.79 Å². The summed E-state index contributed by atoms with van der Waals surface area (Å²) in [5, 5.41) is 2.49. The van der Waals surface area contributed by atoms with E-state index in [2.05, 4.69) is 10.1 Å². The fourth-order valence-electron chi connectivity index (χ4n) is 0.956. The van der Waals surface area contributed by atoms with Crippen LogP contribution in [0.15, 0.2) is 24.3 Å². The highest BCUT2D eigenvalue weighted by molar-refractivity contribution is 5.93. The molecule has 1 aromatic rings. The van der Waals surface area contributed by atoms with Gasteiger partial charge < -0.3 is 15.8 Å². The first-order chi connectivity index (χ1) is 6.77. The molecule has 0 aromatic heterocycles. The summed E-state index contributed by atoms with van der Waals surface area (Å²) in [4.78, 5) is 11.0. The number of nitrogens with one attached hydrogen (secondary N) is 1. The SMILES string of the molecule is NCC(=O)Nc1ccccc1OCF. The first kappa shape index (κ1) is 10.5. The fraction of sp³-hybridized carbons (Fsp3) is 0.222. The number of amides is 1. The third kappa shape index (κ3) is 2.70. The van der Waals surface area contributed by atoms with Crippen LogP contribution in [0.5, 0.6) is 5.75 Å². The van der Waals surface area contributed by atoms with Crippen LogP contribution in [0.3, 0.4) is 0 Å². The second-order valence-electron chi connectivity index (χ2n) is 2.50. The van der Waals surface area contributed by atoms with Crippen LogP contribution in [0.1, 0.15) is 0 Å². The number of ether oxygens (including phenoxy) is 1. The summed E-state index contributed by atoms with van der Waals surface area (Å²) in [5.74, 6) is -0.0586. The van der Waals surface area contributed by atoms with E-state index in [1.165, 1.54) is 0 Å². The van der Waals surface area contributed by atoms with Crippen molar-refractivity contribution in [3.8, 4) is 5.75 Å². The Morgan fingerprint density at radius 2 is 2.21 bits per heavy atom. The van der Waals surface area contributed by atoms with E-state index < -0.39 is 6.86 Å². The van der Waals surface area contributed by atoms with Crippen LogP contribution < -0.4 is 15.8 Å². The number of hydrogen-bond acceptors (Lipinski definition) is 3. The number of para-hydroxylation sites is 2. The molecule has 0 atom stereocenters. The van der Waals surface area contributed by atoms with Crippen molar-refractivity contribution in [1.29, 1.82) is 0 Å². The van der Waals surface area contributed by atoms with Crippen LogP contribution in [0.4, 0.5) is 10.1 Å². The van der Waals surface area contributed by atoms with E-state index in [1.54, 1.807) is 24.3 Å². The van der Waals surface area contributed by atoms with Gasteiger partial charge in [0.25, 0.3) is 0 Å². The highest BCUT2D eigenvalue weighted by Crippen LogP contribution is 2.23. The molecule has 14 heavy (non-hydrogen) atoms. The van der Waals surface area contributed by atoms with E-state index in [0.29, 0.717) is 5.69 Å². The Hall–Kier alpha value is -1.62. The Balaban J connectivity index is 2.78. The monoisotopic (exact) mass is 198 g/mol. The van der Waals surface area contributed by atoms with Crippen molar-refractivity contribution in [1.82, 2.24) is 0 Å². The normalized spacial score (nSPS) is 9.57. The predicted molar refractivity (Wildman–Crippen MR) is 50.7 cm³/mol. The van der Waals surface area contributed by atoms with Crippen molar-refractivity contribution in [2.75, 3.05) is 18.7 Å². The van der Waals surface area contributed by atoms with E-state index in [1.807, 2.05) is 0 Å². The molecule has 0 aliphatic rings. The number of nitrogens with two attached hydrogens (primary N) is 1. The number of benzene rings is 1. The zero-order valence-corrected chi connectivity index (χ0v) is 7.50. The van der Waals surface area contributed by atoms with Crippen LogP contribution >= 0.6 is 0 Å². The topological polar surface area (TPSA) is 64.4 Å². The molecule has 0 bridgehead atoms. The maximum Gasteiger partial charge on any atom is 0.238 e. The van der Waals surface area contributed by atoms with Gasteiger partial charge in [0.05, 0.1) is 12.2 Å². The lowest BCUT2D eigenvalue weighted by atomic mass is 10.3. The zero-order valence-electron chi connectivity index (χ0n) is 7.50. The van der Waals surface area contributed by atoms with Crippen LogP contribution in [0.2, 0.25) is 0 Å². The summed E-state index contributed by atoms with van der Waals surface area (Å²) < 4.78 is 16.6. The van der Waals surface area contributed by atoms with Gasteiger partial charge in [-0.1, -0.05) is 12.1 Å². The molecule has 0 unspecified atom stereocenters. The van der Waals surface area contributed by atoms with E-state index in [4.69, 9.17) is 5.73 Å². The van der Waals surface area contributed by atoms with Gasteiger partial charge in [-0.2, -0.15) is 0 Å². The molecule has 5 heteroatoms. The number of hydrogen-bond donors (Lipinski definition) is 2. The molecule has 0 saturated heterocycles. The van der Waals surface area contributed by atoms with Crippen molar-refractivity contribution in [3.63, 3.8) is 0 Å². The molecular weight excluding hydrogens is 187 g/mol. The Morgan fingerprint density at radius 1 is 1.50 bits per heavy atom. The number of rotatable bonds is 4. The van der Waals surface area contributed by atoms with Gasteiger partial charge in [-0.15, -0.1) is 0 Å². The summed E-state index contributed by atoms with van der Waals surface area (Å²) in [7, 11) is 0. The van der Waals surface area contributed by atoms with E-state index in [0.717, 1.165) is 0 Å². The average molecular weight is 198 g/mol. The smallest absolute Gasteiger partial charge is 0.238 e. The molecule has 1 rings (SSSR count). The Morgan fingerprint density at radius 3 is 2.86 bits per heavy atom. The molecular formula is C9H11FN2O2. The molecule has 4 nitrogen and oxygen atoms in total. The summed E-state index contributed by atoms with van der Waals surface area (Å²) in [6, 6.07) is 6.56. The molecule has 0 heterocycles. The van der Waals surface area contributed by atoms with Gasteiger partial charge in [0.15, 0.2) is 0 Å². The van der Waals surface area contributed by atoms with Gasteiger partial charge in [0.1, 0.15) is 5.75 Å². The molecule has 1 aromatic carbocycles. The Bertz CT molecular complexity index is 317. The number of alkyl halides is 1. The van der Waals surface area contributed by atoms with Crippen molar-refractivity contribution in [2.24, 2.45) is 5.73 Å². The van der Waals surface area contributed by atoms with Gasteiger partial charge in [-0.25, -0.2) is 4.39 Å². The first-order valence-electron chi connectivity index (χ1n) is 4.05. The largest absolute Gasteiger partial charge is 0.461 e. The molecule has 76 valence electrons. The highest BCUT2D eigenvalue weighted by atomic mass is 19.1. The van der Waals surface area contributed by atoms with Gasteiger partial charge in [0.2, 0.25) is 12.8 Å². The minimum atomic E-state index is -0.935. The van der Waals surface area contributed by atoms with Crippen LogP contribution in [0, 0.1) is 0 Å². The van der Waals surface area contributed by atoms with Crippen LogP contribution in [0.25, 0.3) is 0 Å². The summed E-state index contributed by atoms with van der Waals surface area (Å²) >= 11 is 0. The maximum atomic E-state index is 11.9. The number of halogens is 1. The lowest BCUT2D eigenvalue weighted by Gasteiger charge is -2.08. The van der Waals surface area contributed by atoms with Crippen molar-refractivity contribution in [2.45, 2.75) is 0 Å². The van der Waals surface area contributed by atoms with Gasteiger partial charge >= 0.3 is 0 Å². The average Bonchev–Trinajstić information content (AvgIpc) is 2.21. The molecule has 0 spiro atoms. The lowest BCUT2D eigenvalue weighted by molar-refractivity contribution is -0.114. The molecule has 0 radical (unpaired) electrons. The fourth-order valence-corrected chi connectivity index (χ4v) is 0.956. The van der Waals surface area contributed by atoms with Gasteiger partial charge in [-0.05, 0) is 12.1 Å². The third-order valence-electron chi connectivity index (χ3n) is 1.56. The third-order valence-corrected chi connectivity index (χ3v) is 1.56. The molecule has 0 fully saturated rings. The number of anilines is 1. The molecule has 0 aliphatic carbocycles. The minimum absolute atomic E-state index is 0.121. The quantitative estimate of drug-likeness (QED) is 0.755. The summed E-state index contributed by atoms with van der Waals surface area (Å²) in [5.41, 5.74) is 5.53. The van der Waals surface area contributed by atoms with E-state index >= 15 is 0 Å². The summed E-state index contributed by atoms with van der Waals surface area (Å²) in [6.45, 7) is -1.06. The van der Waals surface area contributed by atoms with Crippen molar-refractivity contribution < 1.29 is 13.9 Å². The maximum absolute atomic E-state index is 11.9. The number of carbonyl (C=O) groups is 1. The molecule has 3 N–H and O–H groups in total. The second-order valence-corrected chi connectivity index (χ2v) is 2.50. The van der Waals surface area contributed by atoms with E-state index in [-0.39, 0.29) is 18.2 Å². The van der Waals surface area contributed by atoms with E-state index in [9.17, 15) is 9.18 Å². The molecule has 1 amide bonds. The summed E-state index contributed by atoms with van der Waals surface area (Å²) in [6.07, 6.45) is 0. The van der Waals surface area contributed by atoms with Crippen molar-refractivity contribution >= 4 is 11.6 Å². The minimum Gasteiger partial charge on any atom is -0.461 e. The number of carbonyl (C=O) groups excluding carboxylic acids is 1. The highest BCUT2D eigenvalue weighted by Gasteiger charge is 2.05. The Labute approximate surface area is 80.9 Å². The van der Waals surface area contributed by atoms with Gasteiger partial charge in [0, 0.05) is 0 Å². The lowest BCUT2D eigenvalue weighted by Crippen LogP contribution is -2.22. The standard InChI is InChI=1S/C9H11FN2O2/c10-6-14-8-4-2-1-3-7(8)12-9(13)5-11/h1-4H,5-6,11H2,(H,12,13). The zero-order chi connectivity index (χ0) is 10.4. The van der Waals surface area contributed by atoms with Crippen LogP contribution in [-0.2, 0) is 4.79 Å². The van der Waals surface area contributed by atoms with Crippen LogP contribution in [-0.4, -0.2) is 19.3 Å². The second kappa shape index (κ2) is 5.18. The first-order valence-corrected chi connectivity index (χ1v) is 4.05. The molecule has 0 aliphatic heterocycles. The Kier molecular flexibility index (Phi) is 3.87. The molecule has 0 saturated carbocycles.